The van der Waals surface area contributed by atoms with Crippen LogP contribution < -0.4 is 5.32 Å². The predicted octanol–water partition coefficient (Wildman–Crippen LogP) is 3.66. The molecule has 0 spiro atoms. The van der Waals surface area contributed by atoms with Gasteiger partial charge in [-0.25, -0.2) is 0 Å². The van der Waals surface area contributed by atoms with Crippen molar-refractivity contribution < 1.29 is 9.90 Å². The second kappa shape index (κ2) is 7.24. The zero-order valence-electron chi connectivity index (χ0n) is 12.9. The lowest BCUT2D eigenvalue weighted by Crippen LogP contribution is -2.30. The summed E-state index contributed by atoms with van der Waals surface area (Å²) in [5, 5.41) is 22.5. The van der Waals surface area contributed by atoms with Gasteiger partial charge in [-0.2, -0.15) is 5.26 Å². The van der Waals surface area contributed by atoms with Crippen molar-refractivity contribution in [2.75, 3.05) is 0 Å². The van der Waals surface area contributed by atoms with Crippen molar-refractivity contribution in [3.63, 3.8) is 0 Å². The summed E-state index contributed by atoms with van der Waals surface area (Å²) in [6, 6.07) is 18.8. The Hall–Kier alpha value is -2.71. The molecular weight excluding hydrogens is 320 g/mol. The molecule has 0 radical (unpaired) electrons. The molecule has 2 N–H and O–H groups in total. The van der Waals surface area contributed by atoms with E-state index in [1.54, 1.807) is 24.3 Å². The van der Waals surface area contributed by atoms with Crippen LogP contribution in [0.15, 0.2) is 65.2 Å². The molecule has 1 amide bonds. The van der Waals surface area contributed by atoms with Gasteiger partial charge in [-0.05, 0) is 23.3 Å². The van der Waals surface area contributed by atoms with Crippen molar-refractivity contribution in [1.29, 1.82) is 5.26 Å². The molecule has 1 heterocycles. The normalized spacial score (nSPS) is 17.3. The van der Waals surface area contributed by atoms with E-state index in [2.05, 4.69) is 11.4 Å². The van der Waals surface area contributed by atoms with Crippen LogP contribution in [0.3, 0.4) is 0 Å². The number of carbonyl (C=O) groups excluding carboxylic acids is 1. The molecule has 0 saturated carbocycles. The van der Waals surface area contributed by atoms with Crippen LogP contribution in [0, 0.1) is 11.3 Å². The number of benzene rings is 2. The van der Waals surface area contributed by atoms with Crippen molar-refractivity contribution in [2.24, 2.45) is 0 Å². The van der Waals surface area contributed by atoms with Crippen LogP contribution in [0.1, 0.15) is 23.5 Å². The van der Waals surface area contributed by atoms with Gasteiger partial charge in [-0.3, -0.25) is 4.79 Å². The third-order valence-electron chi connectivity index (χ3n) is 3.88. The lowest BCUT2D eigenvalue weighted by Gasteiger charge is -2.25. The molecule has 5 heteroatoms. The van der Waals surface area contributed by atoms with Gasteiger partial charge in [0.2, 0.25) is 5.91 Å². The van der Waals surface area contributed by atoms with E-state index < -0.39 is 0 Å². The molecule has 0 unspecified atom stereocenters. The second-order valence-corrected chi connectivity index (χ2v) is 6.51. The number of carbonyl (C=O) groups is 1. The van der Waals surface area contributed by atoms with Gasteiger partial charge in [-0.15, -0.1) is 11.8 Å². The summed E-state index contributed by atoms with van der Waals surface area (Å²) in [6.45, 7) is 0. The molecule has 120 valence electrons. The van der Waals surface area contributed by atoms with Crippen LogP contribution in [-0.2, 0) is 10.5 Å². The fraction of sp³-hybridized carbons (Fsp3) is 0.158. The number of rotatable bonds is 4. The zero-order valence-corrected chi connectivity index (χ0v) is 13.7. The Bertz CT molecular complexity index is 808. The highest BCUT2D eigenvalue weighted by molar-refractivity contribution is 8.02. The van der Waals surface area contributed by atoms with E-state index in [0.717, 1.165) is 11.1 Å². The van der Waals surface area contributed by atoms with Gasteiger partial charge in [0.05, 0.1) is 16.7 Å². The van der Waals surface area contributed by atoms with E-state index in [4.69, 9.17) is 0 Å². The molecule has 1 aliphatic heterocycles. The van der Waals surface area contributed by atoms with Gasteiger partial charge in [0, 0.05) is 18.1 Å². The Morgan fingerprint density at radius 1 is 1.17 bits per heavy atom. The number of nitrogens with zero attached hydrogens (tertiary/aromatic N) is 1. The van der Waals surface area contributed by atoms with Gasteiger partial charge >= 0.3 is 0 Å². The molecule has 1 atom stereocenters. The summed E-state index contributed by atoms with van der Waals surface area (Å²) in [7, 11) is 0. The largest absolute Gasteiger partial charge is 0.508 e. The predicted molar refractivity (Wildman–Crippen MR) is 94.0 cm³/mol. The highest BCUT2D eigenvalue weighted by atomic mass is 32.2. The van der Waals surface area contributed by atoms with E-state index in [9.17, 15) is 15.2 Å². The standard InChI is InChI=1S/C19H16N2O2S/c20-11-17-16(14-6-8-15(22)9-7-14)10-18(23)21-19(17)24-12-13-4-2-1-3-5-13/h1-9,16,22H,10,12H2,(H,21,23)/t16-/m1/s1. The van der Waals surface area contributed by atoms with Crippen LogP contribution in [0.25, 0.3) is 0 Å². The van der Waals surface area contributed by atoms with Crippen molar-refractivity contribution >= 4 is 17.7 Å². The number of phenolic OH excluding ortho intramolecular Hbond substituents is 1. The average molecular weight is 336 g/mol. The molecule has 3 rings (SSSR count). The first-order valence-electron chi connectivity index (χ1n) is 7.57. The smallest absolute Gasteiger partial charge is 0.225 e. The van der Waals surface area contributed by atoms with Crippen LogP contribution in [-0.4, -0.2) is 11.0 Å². The second-order valence-electron chi connectivity index (χ2n) is 5.53. The molecule has 2 aromatic rings. The summed E-state index contributed by atoms with van der Waals surface area (Å²) >= 11 is 1.46. The minimum absolute atomic E-state index is 0.0948. The molecule has 0 fully saturated rings. The molecule has 4 nitrogen and oxygen atoms in total. The summed E-state index contributed by atoms with van der Waals surface area (Å²) < 4.78 is 0. The Labute approximate surface area is 144 Å². The first-order chi connectivity index (χ1) is 11.7. The fourth-order valence-corrected chi connectivity index (χ4v) is 3.69. The van der Waals surface area contributed by atoms with Gasteiger partial charge < -0.3 is 10.4 Å². The van der Waals surface area contributed by atoms with E-state index >= 15 is 0 Å². The molecule has 0 aromatic heterocycles. The zero-order chi connectivity index (χ0) is 16.9. The summed E-state index contributed by atoms with van der Waals surface area (Å²) in [4.78, 5) is 12.1. The molecule has 24 heavy (non-hydrogen) atoms. The third kappa shape index (κ3) is 3.61. The number of hydrogen-bond donors (Lipinski definition) is 2. The molecule has 2 aromatic carbocycles. The summed E-state index contributed by atoms with van der Waals surface area (Å²) in [6.07, 6.45) is 0.239. The number of allylic oxidation sites excluding steroid dienone is 1. The van der Waals surface area contributed by atoms with E-state index in [1.807, 2.05) is 30.3 Å². The molecule has 0 aliphatic carbocycles. The highest BCUT2D eigenvalue weighted by Gasteiger charge is 2.29. The van der Waals surface area contributed by atoms with Crippen molar-refractivity contribution in [1.82, 2.24) is 5.32 Å². The number of nitrogens with one attached hydrogen (secondary N) is 1. The van der Waals surface area contributed by atoms with Crippen LogP contribution >= 0.6 is 11.8 Å². The summed E-state index contributed by atoms with van der Waals surface area (Å²) in [5.74, 6) is 0.481. The van der Waals surface area contributed by atoms with Crippen LogP contribution in [0.2, 0.25) is 0 Å². The van der Waals surface area contributed by atoms with Crippen LogP contribution in [0.4, 0.5) is 0 Å². The number of amides is 1. The Kier molecular flexibility index (Phi) is 4.88. The first kappa shape index (κ1) is 16.2. The van der Waals surface area contributed by atoms with Crippen LogP contribution in [0.5, 0.6) is 5.75 Å². The van der Waals surface area contributed by atoms with E-state index in [1.165, 1.54) is 11.8 Å². The number of phenols is 1. The number of thioether (sulfide) groups is 1. The SMILES string of the molecule is N#CC1=C(SCc2ccccc2)NC(=O)C[C@@H]1c1ccc(O)cc1. The van der Waals surface area contributed by atoms with Crippen molar-refractivity contribution in [2.45, 2.75) is 18.1 Å². The van der Waals surface area contributed by atoms with Gasteiger partial charge in [0.15, 0.2) is 0 Å². The number of hydrogen-bond acceptors (Lipinski definition) is 4. The Morgan fingerprint density at radius 2 is 1.88 bits per heavy atom. The highest BCUT2D eigenvalue weighted by Crippen LogP contribution is 2.37. The monoisotopic (exact) mass is 336 g/mol. The molecule has 1 aliphatic rings. The molecule has 0 bridgehead atoms. The molecular formula is C19H16N2O2S. The molecule has 0 saturated heterocycles. The van der Waals surface area contributed by atoms with Gasteiger partial charge in [-0.1, -0.05) is 42.5 Å². The van der Waals surface area contributed by atoms with Crippen molar-refractivity contribution in [3.05, 3.63) is 76.3 Å². The number of aromatic hydroxyl groups is 1. The first-order valence-corrected chi connectivity index (χ1v) is 8.55. The minimum Gasteiger partial charge on any atom is -0.508 e. The fourth-order valence-electron chi connectivity index (χ4n) is 2.65. The average Bonchev–Trinajstić information content (AvgIpc) is 2.61. The lowest BCUT2D eigenvalue weighted by molar-refractivity contribution is -0.120. The Morgan fingerprint density at radius 3 is 2.54 bits per heavy atom. The van der Waals surface area contributed by atoms with E-state index in [0.29, 0.717) is 16.4 Å². The quantitative estimate of drug-likeness (QED) is 0.893. The maximum atomic E-state index is 12.1. The topological polar surface area (TPSA) is 73.1 Å². The maximum absolute atomic E-state index is 12.1. The van der Waals surface area contributed by atoms with Gasteiger partial charge in [0.1, 0.15) is 5.75 Å². The van der Waals surface area contributed by atoms with E-state index in [-0.39, 0.29) is 24.0 Å². The lowest BCUT2D eigenvalue weighted by atomic mass is 9.87. The third-order valence-corrected chi connectivity index (χ3v) is 4.97. The minimum atomic E-state index is -0.275. The Balaban J connectivity index is 1.88. The van der Waals surface area contributed by atoms with Crippen molar-refractivity contribution in [3.8, 4) is 11.8 Å². The summed E-state index contributed by atoms with van der Waals surface area (Å²) in [5.41, 5.74) is 2.56. The number of nitriles is 1. The van der Waals surface area contributed by atoms with Gasteiger partial charge in [0.25, 0.3) is 0 Å². The maximum Gasteiger partial charge on any atom is 0.225 e.